The van der Waals surface area contributed by atoms with Crippen LogP contribution < -0.4 is 4.74 Å². The van der Waals surface area contributed by atoms with E-state index in [1.54, 1.807) is 6.07 Å². The molecule has 0 radical (unpaired) electrons. The molecule has 0 aromatic heterocycles. The molecule has 2 rings (SSSR count). The number of aliphatic hydroxyl groups is 1. The van der Waals surface area contributed by atoms with Crippen molar-refractivity contribution in [2.24, 2.45) is 0 Å². The van der Waals surface area contributed by atoms with Gasteiger partial charge in [0.15, 0.2) is 12.9 Å². The fourth-order valence-corrected chi connectivity index (χ4v) is 1.90. The fraction of sp³-hybridized carbons (Fsp3) is 0.364. The molecule has 0 fully saturated rings. The zero-order valence-corrected chi connectivity index (χ0v) is 9.86. The number of ether oxygens (including phenoxy) is 3. The molecule has 5 nitrogen and oxygen atoms in total. The number of hydrogen-bond acceptors (Lipinski definition) is 5. The monoisotopic (exact) mass is 258 g/mol. The zero-order valence-electron chi connectivity index (χ0n) is 9.10. The van der Waals surface area contributed by atoms with E-state index in [0.717, 1.165) is 0 Å². The van der Waals surface area contributed by atoms with Gasteiger partial charge in [-0.25, -0.2) is 4.79 Å². The minimum Gasteiger partial charge on any atom is -0.467 e. The predicted molar refractivity (Wildman–Crippen MR) is 58.7 cm³/mol. The molecular formula is C11H11ClO5. The first-order chi connectivity index (χ1) is 8.13. The highest BCUT2D eigenvalue weighted by Gasteiger charge is 2.26. The van der Waals surface area contributed by atoms with E-state index in [-0.39, 0.29) is 6.79 Å². The number of aliphatic hydroxyl groups excluding tert-OH is 1. The van der Waals surface area contributed by atoms with Crippen molar-refractivity contribution >= 4 is 17.6 Å². The Morgan fingerprint density at radius 3 is 3.06 bits per heavy atom. The number of benzene rings is 1. The predicted octanol–water partition coefficient (Wildman–Crippen LogP) is 1.41. The van der Waals surface area contributed by atoms with Crippen molar-refractivity contribution in [2.75, 3.05) is 13.9 Å². The fourth-order valence-electron chi connectivity index (χ4n) is 1.65. The molecule has 1 heterocycles. The molecule has 0 saturated carbocycles. The van der Waals surface area contributed by atoms with Crippen LogP contribution in [-0.4, -0.2) is 25.0 Å². The molecule has 1 aromatic rings. The third-order valence-electron chi connectivity index (χ3n) is 2.42. The van der Waals surface area contributed by atoms with E-state index >= 15 is 0 Å². The van der Waals surface area contributed by atoms with Crippen LogP contribution >= 0.6 is 11.6 Å². The van der Waals surface area contributed by atoms with Gasteiger partial charge in [-0.1, -0.05) is 11.6 Å². The first kappa shape index (κ1) is 12.2. The van der Waals surface area contributed by atoms with E-state index in [4.69, 9.17) is 21.1 Å². The van der Waals surface area contributed by atoms with Gasteiger partial charge < -0.3 is 19.3 Å². The van der Waals surface area contributed by atoms with Gasteiger partial charge in [0.25, 0.3) is 0 Å². The summed E-state index contributed by atoms with van der Waals surface area (Å²) in [5.41, 5.74) is 0.990. The normalized spacial score (nSPS) is 15.7. The summed E-state index contributed by atoms with van der Waals surface area (Å²) in [6, 6.07) is 3.15. The second-order valence-corrected chi connectivity index (χ2v) is 3.96. The number of fused-ring (bicyclic) bond motifs is 1. The summed E-state index contributed by atoms with van der Waals surface area (Å²) >= 11 is 5.90. The minimum absolute atomic E-state index is 0.0789. The average molecular weight is 259 g/mol. The molecule has 6 heteroatoms. The molecule has 0 bridgehead atoms. The maximum atomic E-state index is 11.3. The van der Waals surface area contributed by atoms with Crippen molar-refractivity contribution in [1.29, 1.82) is 0 Å². The summed E-state index contributed by atoms with van der Waals surface area (Å²) in [5.74, 6) is -0.330. The van der Waals surface area contributed by atoms with Crippen molar-refractivity contribution in [2.45, 2.75) is 12.7 Å². The van der Waals surface area contributed by atoms with Gasteiger partial charge in [0.05, 0.1) is 13.7 Å². The third kappa shape index (κ3) is 2.36. The molecule has 0 saturated heterocycles. The summed E-state index contributed by atoms with van der Waals surface area (Å²) < 4.78 is 14.8. The first-order valence-electron chi connectivity index (χ1n) is 4.92. The Morgan fingerprint density at radius 1 is 1.59 bits per heavy atom. The maximum Gasteiger partial charge on any atom is 0.339 e. The van der Waals surface area contributed by atoms with Crippen molar-refractivity contribution in [1.82, 2.24) is 0 Å². The molecule has 0 spiro atoms. The molecule has 1 unspecified atom stereocenters. The summed E-state index contributed by atoms with van der Waals surface area (Å²) in [7, 11) is 1.20. The van der Waals surface area contributed by atoms with Crippen LogP contribution in [0.4, 0.5) is 0 Å². The van der Waals surface area contributed by atoms with E-state index in [1.165, 1.54) is 13.2 Å². The molecule has 0 aliphatic carbocycles. The lowest BCUT2D eigenvalue weighted by atomic mass is 10.0. The number of carbonyl (C=O) groups excluding carboxylic acids is 1. The summed E-state index contributed by atoms with van der Waals surface area (Å²) in [6.45, 7) is 0.409. The molecule has 17 heavy (non-hydrogen) atoms. The Balaban J connectivity index is 2.45. The summed E-state index contributed by atoms with van der Waals surface area (Å²) in [5, 5.41) is 10.2. The standard InChI is InChI=1S/C11H11ClO5/c1-15-11(14)9(13)8-3-7(12)2-6-4-16-5-17-10(6)8/h2-3,9,13H,4-5H2,1H3. The van der Waals surface area contributed by atoms with E-state index in [9.17, 15) is 9.90 Å². The zero-order chi connectivity index (χ0) is 12.4. The van der Waals surface area contributed by atoms with Crippen LogP contribution in [0.15, 0.2) is 12.1 Å². The van der Waals surface area contributed by atoms with Crippen LogP contribution in [0.5, 0.6) is 5.75 Å². The SMILES string of the molecule is COC(=O)C(O)c1cc(Cl)cc2c1OCOC2. The van der Waals surface area contributed by atoms with E-state index in [2.05, 4.69) is 4.74 Å². The Morgan fingerprint density at radius 2 is 2.35 bits per heavy atom. The largest absolute Gasteiger partial charge is 0.467 e. The van der Waals surface area contributed by atoms with Crippen LogP contribution in [0.1, 0.15) is 17.2 Å². The summed E-state index contributed by atoms with van der Waals surface area (Å²) in [4.78, 5) is 11.3. The van der Waals surface area contributed by atoms with Gasteiger partial charge in [0, 0.05) is 16.1 Å². The molecule has 1 aliphatic heterocycles. The Labute approximate surface area is 103 Å². The number of esters is 1. The van der Waals surface area contributed by atoms with Gasteiger partial charge in [-0.3, -0.25) is 0 Å². The Bertz CT molecular complexity index is 446. The van der Waals surface area contributed by atoms with Crippen molar-refractivity contribution in [3.8, 4) is 5.75 Å². The number of rotatable bonds is 2. The highest BCUT2D eigenvalue weighted by molar-refractivity contribution is 6.30. The quantitative estimate of drug-likeness (QED) is 0.813. The van der Waals surface area contributed by atoms with Gasteiger partial charge in [0.2, 0.25) is 0 Å². The van der Waals surface area contributed by atoms with Crippen molar-refractivity contribution in [3.05, 3.63) is 28.3 Å². The number of hydrogen-bond donors (Lipinski definition) is 1. The van der Waals surface area contributed by atoms with E-state index in [1.807, 2.05) is 0 Å². The third-order valence-corrected chi connectivity index (χ3v) is 2.64. The average Bonchev–Trinajstić information content (AvgIpc) is 2.35. The molecule has 0 amide bonds. The lowest BCUT2D eigenvalue weighted by Crippen LogP contribution is -2.19. The van der Waals surface area contributed by atoms with E-state index in [0.29, 0.717) is 28.5 Å². The lowest BCUT2D eigenvalue weighted by Gasteiger charge is -2.22. The second-order valence-electron chi connectivity index (χ2n) is 3.52. The van der Waals surface area contributed by atoms with Crippen molar-refractivity contribution < 1.29 is 24.1 Å². The van der Waals surface area contributed by atoms with Gasteiger partial charge in [0.1, 0.15) is 5.75 Å². The van der Waals surface area contributed by atoms with Crippen LogP contribution in [0, 0.1) is 0 Å². The molecule has 92 valence electrons. The number of carbonyl (C=O) groups is 1. The topological polar surface area (TPSA) is 65.0 Å². The van der Waals surface area contributed by atoms with Crippen LogP contribution in [0.2, 0.25) is 5.02 Å². The molecular weight excluding hydrogens is 248 g/mol. The lowest BCUT2D eigenvalue weighted by molar-refractivity contribution is -0.150. The van der Waals surface area contributed by atoms with Gasteiger partial charge >= 0.3 is 5.97 Å². The highest BCUT2D eigenvalue weighted by atomic mass is 35.5. The Hall–Kier alpha value is -1.30. The number of methoxy groups -OCH3 is 1. The highest BCUT2D eigenvalue weighted by Crippen LogP contribution is 2.35. The van der Waals surface area contributed by atoms with Crippen LogP contribution in [0.3, 0.4) is 0 Å². The van der Waals surface area contributed by atoms with Gasteiger partial charge in [-0.15, -0.1) is 0 Å². The van der Waals surface area contributed by atoms with Crippen LogP contribution in [-0.2, 0) is 20.9 Å². The van der Waals surface area contributed by atoms with Gasteiger partial charge in [-0.2, -0.15) is 0 Å². The molecule has 1 atom stereocenters. The molecule has 1 aliphatic rings. The van der Waals surface area contributed by atoms with Crippen molar-refractivity contribution in [3.63, 3.8) is 0 Å². The second kappa shape index (κ2) is 4.91. The number of halogens is 1. The smallest absolute Gasteiger partial charge is 0.339 e. The van der Waals surface area contributed by atoms with Crippen LogP contribution in [0.25, 0.3) is 0 Å². The first-order valence-corrected chi connectivity index (χ1v) is 5.30. The Kier molecular flexibility index (Phi) is 3.51. The molecule has 1 aromatic carbocycles. The summed E-state index contributed by atoms with van der Waals surface area (Å²) in [6.07, 6.45) is -1.41. The van der Waals surface area contributed by atoms with Gasteiger partial charge in [-0.05, 0) is 12.1 Å². The van der Waals surface area contributed by atoms with E-state index < -0.39 is 12.1 Å². The maximum absolute atomic E-state index is 11.3. The molecule has 1 N–H and O–H groups in total. The minimum atomic E-state index is -1.41.